The molecule has 20 heavy (non-hydrogen) atoms. The molecule has 0 atom stereocenters. The molecule has 0 saturated carbocycles. The quantitative estimate of drug-likeness (QED) is 0.909. The zero-order valence-corrected chi connectivity index (χ0v) is 11.9. The molecule has 2 rings (SSSR count). The van der Waals surface area contributed by atoms with Gasteiger partial charge in [0.25, 0.3) is 5.91 Å². The third kappa shape index (κ3) is 3.45. The van der Waals surface area contributed by atoms with E-state index in [0.29, 0.717) is 18.1 Å². The van der Waals surface area contributed by atoms with Gasteiger partial charge in [-0.05, 0) is 31.5 Å². The summed E-state index contributed by atoms with van der Waals surface area (Å²) in [4.78, 5) is 16.2. The lowest BCUT2D eigenvalue weighted by atomic mass is 10.1. The summed E-state index contributed by atoms with van der Waals surface area (Å²) < 4.78 is 10.4. The van der Waals surface area contributed by atoms with Gasteiger partial charge in [-0.1, -0.05) is 12.1 Å². The first-order valence-corrected chi connectivity index (χ1v) is 6.39. The average molecular weight is 274 g/mol. The van der Waals surface area contributed by atoms with Gasteiger partial charge in [0.1, 0.15) is 5.76 Å². The van der Waals surface area contributed by atoms with Gasteiger partial charge in [0.05, 0.1) is 18.8 Å². The van der Waals surface area contributed by atoms with E-state index in [-0.39, 0.29) is 12.5 Å². The van der Waals surface area contributed by atoms with Gasteiger partial charge in [-0.25, -0.2) is 4.98 Å². The number of nitrogens with zero attached hydrogens (tertiary/aromatic N) is 1. The average Bonchev–Trinajstić information content (AvgIpc) is 2.76. The number of aryl methyl sites for hydroxylation is 2. The van der Waals surface area contributed by atoms with Crippen molar-refractivity contribution in [2.24, 2.45) is 0 Å². The summed E-state index contributed by atoms with van der Waals surface area (Å²) in [6.45, 7) is 4.55. The van der Waals surface area contributed by atoms with Crippen LogP contribution in [0.1, 0.15) is 33.3 Å². The Labute approximate surface area is 118 Å². The van der Waals surface area contributed by atoms with Gasteiger partial charge in [0, 0.05) is 12.7 Å². The van der Waals surface area contributed by atoms with Crippen molar-refractivity contribution < 1.29 is 13.9 Å². The number of ether oxygens (including phenoxy) is 1. The van der Waals surface area contributed by atoms with Gasteiger partial charge in [-0.15, -0.1) is 0 Å². The topological polar surface area (TPSA) is 64.4 Å². The Morgan fingerprint density at radius 1 is 1.30 bits per heavy atom. The molecule has 0 saturated heterocycles. The van der Waals surface area contributed by atoms with Crippen LogP contribution in [0.3, 0.4) is 0 Å². The van der Waals surface area contributed by atoms with Gasteiger partial charge in [-0.2, -0.15) is 0 Å². The molecule has 0 unspecified atom stereocenters. The lowest BCUT2D eigenvalue weighted by Gasteiger charge is -2.04. The first-order chi connectivity index (χ1) is 9.60. The number of rotatable bonds is 5. The largest absolute Gasteiger partial charge is 0.444 e. The summed E-state index contributed by atoms with van der Waals surface area (Å²) >= 11 is 0. The van der Waals surface area contributed by atoms with E-state index >= 15 is 0 Å². The van der Waals surface area contributed by atoms with Crippen LogP contribution in [0.15, 0.2) is 28.7 Å². The second-order valence-corrected chi connectivity index (χ2v) is 4.56. The fourth-order valence-electron chi connectivity index (χ4n) is 1.79. The number of oxazole rings is 1. The number of amides is 1. The number of hydrogen-bond acceptors (Lipinski definition) is 4. The molecule has 1 aromatic carbocycles. The summed E-state index contributed by atoms with van der Waals surface area (Å²) in [7, 11) is 1.64. The number of aromatic nitrogens is 1. The Bertz CT molecular complexity index is 568. The van der Waals surface area contributed by atoms with Crippen molar-refractivity contribution in [3.63, 3.8) is 0 Å². The third-order valence-corrected chi connectivity index (χ3v) is 3.00. The predicted octanol–water partition coefficient (Wildman–Crippen LogP) is 2.37. The van der Waals surface area contributed by atoms with Crippen LogP contribution in [0.4, 0.5) is 0 Å². The van der Waals surface area contributed by atoms with Gasteiger partial charge in [-0.3, -0.25) is 4.79 Å². The van der Waals surface area contributed by atoms with E-state index in [4.69, 9.17) is 9.15 Å². The van der Waals surface area contributed by atoms with Crippen molar-refractivity contribution in [1.82, 2.24) is 10.3 Å². The van der Waals surface area contributed by atoms with Crippen LogP contribution in [0.25, 0.3) is 0 Å². The maximum absolute atomic E-state index is 12.0. The maximum Gasteiger partial charge on any atom is 0.251 e. The zero-order valence-electron chi connectivity index (χ0n) is 11.9. The standard InChI is InChI=1S/C15H18N2O3/c1-10-11(2)20-14(17-10)8-16-15(18)13-6-4-12(5-7-13)9-19-3/h4-7H,8-9H2,1-3H3,(H,16,18). The minimum atomic E-state index is -0.150. The lowest BCUT2D eigenvalue weighted by molar-refractivity contribution is 0.0947. The molecule has 1 aromatic heterocycles. The van der Waals surface area contributed by atoms with E-state index in [1.165, 1.54) is 0 Å². The molecule has 0 fully saturated rings. The molecule has 0 aliphatic heterocycles. The second kappa shape index (κ2) is 6.34. The highest BCUT2D eigenvalue weighted by Gasteiger charge is 2.09. The first kappa shape index (κ1) is 14.3. The van der Waals surface area contributed by atoms with E-state index in [1.807, 2.05) is 26.0 Å². The molecule has 1 amide bonds. The number of carbonyl (C=O) groups excluding carboxylic acids is 1. The maximum atomic E-state index is 12.0. The molecule has 0 aliphatic rings. The van der Waals surface area contributed by atoms with E-state index in [1.54, 1.807) is 19.2 Å². The van der Waals surface area contributed by atoms with Gasteiger partial charge in [0.15, 0.2) is 0 Å². The van der Waals surface area contributed by atoms with Crippen molar-refractivity contribution in [1.29, 1.82) is 0 Å². The highest BCUT2D eigenvalue weighted by atomic mass is 16.5. The van der Waals surface area contributed by atoms with Crippen molar-refractivity contribution in [2.45, 2.75) is 27.0 Å². The lowest BCUT2D eigenvalue weighted by Crippen LogP contribution is -2.22. The fraction of sp³-hybridized carbons (Fsp3) is 0.333. The van der Waals surface area contributed by atoms with Crippen molar-refractivity contribution >= 4 is 5.91 Å². The van der Waals surface area contributed by atoms with Crippen LogP contribution in [0.5, 0.6) is 0 Å². The van der Waals surface area contributed by atoms with Crippen LogP contribution in [0, 0.1) is 13.8 Å². The Kier molecular flexibility index (Phi) is 4.53. The minimum absolute atomic E-state index is 0.150. The molecule has 5 heteroatoms. The molecule has 0 aliphatic carbocycles. The number of carbonyl (C=O) groups is 1. The Morgan fingerprint density at radius 3 is 2.55 bits per heavy atom. The van der Waals surface area contributed by atoms with Crippen LogP contribution in [0.2, 0.25) is 0 Å². The van der Waals surface area contributed by atoms with Crippen LogP contribution < -0.4 is 5.32 Å². The SMILES string of the molecule is COCc1ccc(C(=O)NCc2nc(C)c(C)o2)cc1. The summed E-state index contributed by atoms with van der Waals surface area (Å²) in [5, 5.41) is 2.78. The van der Waals surface area contributed by atoms with Gasteiger partial charge >= 0.3 is 0 Å². The highest BCUT2D eigenvalue weighted by molar-refractivity contribution is 5.94. The molecule has 106 valence electrons. The molecular weight excluding hydrogens is 256 g/mol. The molecule has 0 bridgehead atoms. The van der Waals surface area contributed by atoms with Crippen molar-refractivity contribution in [2.75, 3.05) is 7.11 Å². The summed E-state index contributed by atoms with van der Waals surface area (Å²) in [5.74, 6) is 1.14. The van der Waals surface area contributed by atoms with E-state index in [9.17, 15) is 4.79 Å². The summed E-state index contributed by atoms with van der Waals surface area (Å²) in [5.41, 5.74) is 2.48. The normalized spacial score (nSPS) is 10.6. The second-order valence-electron chi connectivity index (χ2n) is 4.56. The Balaban J connectivity index is 1.94. The minimum Gasteiger partial charge on any atom is -0.444 e. The Morgan fingerprint density at radius 2 is 2.00 bits per heavy atom. The smallest absolute Gasteiger partial charge is 0.251 e. The molecule has 5 nitrogen and oxygen atoms in total. The van der Waals surface area contributed by atoms with E-state index in [2.05, 4.69) is 10.3 Å². The van der Waals surface area contributed by atoms with Gasteiger partial charge in [0.2, 0.25) is 5.89 Å². The molecule has 2 aromatic rings. The van der Waals surface area contributed by atoms with E-state index < -0.39 is 0 Å². The number of hydrogen-bond donors (Lipinski definition) is 1. The third-order valence-electron chi connectivity index (χ3n) is 3.00. The van der Waals surface area contributed by atoms with Crippen LogP contribution >= 0.6 is 0 Å². The van der Waals surface area contributed by atoms with E-state index in [0.717, 1.165) is 17.0 Å². The summed E-state index contributed by atoms with van der Waals surface area (Å²) in [6.07, 6.45) is 0. The highest BCUT2D eigenvalue weighted by Crippen LogP contribution is 2.09. The fourth-order valence-corrected chi connectivity index (χ4v) is 1.79. The Hall–Kier alpha value is -2.14. The predicted molar refractivity (Wildman–Crippen MR) is 74.3 cm³/mol. The first-order valence-electron chi connectivity index (χ1n) is 6.39. The number of benzene rings is 1. The van der Waals surface area contributed by atoms with Crippen LogP contribution in [-0.2, 0) is 17.9 Å². The number of nitrogens with one attached hydrogen (secondary N) is 1. The molecule has 0 spiro atoms. The zero-order chi connectivity index (χ0) is 14.5. The summed E-state index contributed by atoms with van der Waals surface area (Å²) in [6, 6.07) is 7.29. The van der Waals surface area contributed by atoms with Crippen molar-refractivity contribution in [3.05, 3.63) is 52.7 Å². The van der Waals surface area contributed by atoms with Crippen molar-refractivity contribution in [3.8, 4) is 0 Å². The monoisotopic (exact) mass is 274 g/mol. The molecular formula is C15H18N2O3. The number of methoxy groups -OCH3 is 1. The van der Waals surface area contributed by atoms with Gasteiger partial charge < -0.3 is 14.5 Å². The molecule has 1 heterocycles. The molecule has 0 radical (unpaired) electrons. The van der Waals surface area contributed by atoms with Crippen LogP contribution in [-0.4, -0.2) is 18.0 Å². The molecule has 1 N–H and O–H groups in total.